The van der Waals surface area contributed by atoms with Gasteiger partial charge in [-0.2, -0.15) is 0 Å². The molecule has 5 nitrogen and oxygen atoms in total. The number of H-pyrrole nitrogens is 1. The topological polar surface area (TPSA) is 70.7 Å². The molecule has 3 heterocycles. The van der Waals surface area contributed by atoms with Gasteiger partial charge in [0, 0.05) is 23.2 Å². The summed E-state index contributed by atoms with van der Waals surface area (Å²) in [5.41, 5.74) is 2.02. The third kappa shape index (κ3) is 2.75. The second-order valence-corrected chi connectivity index (χ2v) is 7.06. The monoisotopic (exact) mass is 374 g/mol. The van der Waals surface area contributed by atoms with E-state index in [2.05, 4.69) is 19.7 Å². The number of hydrogen-bond acceptors (Lipinski definition) is 3. The van der Waals surface area contributed by atoms with Gasteiger partial charge in [-0.3, -0.25) is 9.71 Å². The van der Waals surface area contributed by atoms with Gasteiger partial charge in [0.05, 0.1) is 26.6 Å². The lowest BCUT2D eigenvalue weighted by Gasteiger charge is -2.07. The van der Waals surface area contributed by atoms with Crippen molar-refractivity contribution in [2.75, 3.05) is 4.72 Å². The van der Waals surface area contributed by atoms with Gasteiger partial charge in [0.2, 0.25) is 0 Å². The number of nitrogens with one attached hydrogen (secondary N) is 2. The maximum Gasteiger partial charge on any atom is 0.174 e. The van der Waals surface area contributed by atoms with Gasteiger partial charge in [-0.25, -0.2) is 13.6 Å². The van der Waals surface area contributed by atoms with Crippen LogP contribution in [-0.4, -0.2) is 19.2 Å². The van der Waals surface area contributed by atoms with E-state index in [0.717, 1.165) is 22.4 Å². The van der Waals surface area contributed by atoms with Crippen molar-refractivity contribution in [1.29, 1.82) is 0 Å². The van der Waals surface area contributed by atoms with Gasteiger partial charge in [-0.15, -0.1) is 0 Å². The predicted molar refractivity (Wildman–Crippen MR) is 97.6 cm³/mol. The lowest BCUT2D eigenvalue weighted by Crippen LogP contribution is -2.08. The minimum Gasteiger partial charge on any atom is -0.359 e. The molecule has 126 valence electrons. The zero-order valence-electron chi connectivity index (χ0n) is 13.0. The summed E-state index contributed by atoms with van der Waals surface area (Å²) in [6, 6.07) is 8.78. The van der Waals surface area contributed by atoms with E-state index in [9.17, 15) is 8.60 Å². The predicted octanol–water partition coefficient (Wildman–Crippen LogP) is 4.35. The van der Waals surface area contributed by atoms with E-state index in [4.69, 9.17) is 11.6 Å². The van der Waals surface area contributed by atoms with Crippen molar-refractivity contribution in [2.24, 2.45) is 0 Å². The first-order valence-corrected chi connectivity index (χ1v) is 8.93. The minimum atomic E-state index is -1.72. The fourth-order valence-electron chi connectivity index (χ4n) is 2.63. The van der Waals surface area contributed by atoms with Crippen LogP contribution >= 0.6 is 11.6 Å². The van der Waals surface area contributed by atoms with Gasteiger partial charge >= 0.3 is 0 Å². The number of nitrogens with zero attached hydrogens (tertiary/aromatic N) is 2. The molecule has 0 spiro atoms. The molecule has 0 bridgehead atoms. The molecule has 4 aromatic rings. The smallest absolute Gasteiger partial charge is 0.174 e. The lowest BCUT2D eigenvalue weighted by atomic mass is 10.1. The van der Waals surface area contributed by atoms with Crippen molar-refractivity contribution in [2.45, 2.75) is 11.8 Å². The highest BCUT2D eigenvalue weighted by Gasteiger charge is 2.16. The van der Waals surface area contributed by atoms with Crippen molar-refractivity contribution >= 4 is 50.2 Å². The van der Waals surface area contributed by atoms with Gasteiger partial charge in [0.15, 0.2) is 22.6 Å². The molecule has 4 rings (SSSR count). The highest BCUT2D eigenvalue weighted by molar-refractivity contribution is 7.86. The van der Waals surface area contributed by atoms with Crippen LogP contribution in [0.25, 0.3) is 21.8 Å². The first-order valence-electron chi connectivity index (χ1n) is 7.40. The van der Waals surface area contributed by atoms with Crippen molar-refractivity contribution in [3.05, 3.63) is 59.3 Å². The van der Waals surface area contributed by atoms with Gasteiger partial charge in [-0.1, -0.05) is 29.8 Å². The zero-order chi connectivity index (χ0) is 17.6. The molecule has 1 unspecified atom stereocenters. The normalized spacial score (nSPS) is 12.6. The van der Waals surface area contributed by atoms with Crippen LogP contribution in [0.15, 0.2) is 47.6 Å². The summed E-state index contributed by atoms with van der Waals surface area (Å²) in [6.45, 7) is 1.65. The Morgan fingerprint density at radius 2 is 2.16 bits per heavy atom. The third-order valence-electron chi connectivity index (χ3n) is 3.88. The molecule has 0 aliphatic heterocycles. The average Bonchev–Trinajstić information content (AvgIpc) is 3.04. The summed E-state index contributed by atoms with van der Waals surface area (Å²) in [7, 11) is -1.72. The molecule has 0 aliphatic carbocycles. The van der Waals surface area contributed by atoms with Crippen LogP contribution in [0.1, 0.15) is 5.69 Å². The van der Waals surface area contributed by atoms with Gasteiger partial charge < -0.3 is 4.98 Å². The summed E-state index contributed by atoms with van der Waals surface area (Å²) in [6.07, 6.45) is 3.33. The van der Waals surface area contributed by atoms with E-state index in [1.165, 1.54) is 6.20 Å². The first-order chi connectivity index (χ1) is 12.0. The van der Waals surface area contributed by atoms with E-state index in [1.807, 2.05) is 24.3 Å². The van der Waals surface area contributed by atoms with Crippen molar-refractivity contribution in [1.82, 2.24) is 15.0 Å². The first kappa shape index (κ1) is 16.0. The van der Waals surface area contributed by atoms with Crippen LogP contribution in [0.3, 0.4) is 0 Å². The van der Waals surface area contributed by atoms with E-state index < -0.39 is 16.8 Å². The van der Waals surface area contributed by atoms with Crippen LogP contribution in [0.4, 0.5) is 10.2 Å². The molecular weight excluding hydrogens is 363 g/mol. The standard InChI is InChI=1S/C17H12ClFN4OS/c1-9-12(18)7-13(19)17(22-9)23-25(24)14-8-21-16-11(14)5-4-10-3-2-6-20-15(10)16/h2-8,20H,1H3,(H,22,23). The average molecular weight is 375 g/mol. The number of aryl methyl sites for hydroxylation is 1. The summed E-state index contributed by atoms with van der Waals surface area (Å²) < 4.78 is 29.3. The number of fused-ring (bicyclic) bond motifs is 3. The molecular formula is C17H12ClFN4OS. The van der Waals surface area contributed by atoms with Gasteiger partial charge in [0.1, 0.15) is 0 Å². The van der Waals surface area contributed by atoms with Crippen LogP contribution < -0.4 is 4.72 Å². The Morgan fingerprint density at radius 3 is 3.00 bits per heavy atom. The number of anilines is 1. The van der Waals surface area contributed by atoms with E-state index in [0.29, 0.717) is 16.1 Å². The number of aromatic nitrogens is 3. The number of pyridine rings is 2. The summed E-state index contributed by atoms with van der Waals surface area (Å²) in [5, 5.41) is 1.95. The number of hydrogen-bond donors (Lipinski definition) is 2. The van der Waals surface area contributed by atoms with Gasteiger partial charge in [-0.05, 0) is 19.1 Å². The molecule has 0 saturated heterocycles. The number of halogens is 2. The Hall–Kier alpha value is -2.51. The molecule has 0 amide bonds. The molecule has 0 fully saturated rings. The molecule has 2 N–H and O–H groups in total. The lowest BCUT2D eigenvalue weighted by molar-refractivity contribution is 0.625. The van der Waals surface area contributed by atoms with Crippen molar-refractivity contribution in [3.8, 4) is 0 Å². The largest absolute Gasteiger partial charge is 0.359 e. The summed E-state index contributed by atoms with van der Waals surface area (Å²) in [4.78, 5) is 12.0. The molecule has 1 aromatic carbocycles. The van der Waals surface area contributed by atoms with Gasteiger partial charge in [0.25, 0.3) is 0 Å². The highest BCUT2D eigenvalue weighted by Crippen LogP contribution is 2.28. The van der Waals surface area contributed by atoms with Crippen LogP contribution in [0, 0.1) is 12.7 Å². The highest BCUT2D eigenvalue weighted by atomic mass is 35.5. The maximum atomic E-state index is 14.0. The second kappa shape index (κ2) is 6.09. The molecule has 25 heavy (non-hydrogen) atoms. The fourth-order valence-corrected chi connectivity index (χ4v) is 3.71. The second-order valence-electron chi connectivity index (χ2n) is 5.48. The Bertz CT molecular complexity index is 1140. The SMILES string of the molecule is Cc1nc(NS(=O)c2cnc3c2ccc2ccc[nH]c23)c(F)cc1Cl. The van der Waals surface area contributed by atoms with Crippen LogP contribution in [0.2, 0.25) is 5.02 Å². The Kier molecular flexibility index (Phi) is 3.89. The number of rotatable bonds is 3. The molecule has 0 saturated carbocycles. The number of benzene rings is 1. The molecule has 3 aromatic heterocycles. The Balaban J connectivity index is 1.76. The van der Waals surface area contributed by atoms with Crippen molar-refractivity contribution < 1.29 is 8.60 Å². The molecule has 1 atom stereocenters. The number of aromatic amines is 1. The van der Waals surface area contributed by atoms with Crippen LogP contribution in [-0.2, 0) is 11.0 Å². The quantitative estimate of drug-likeness (QED) is 0.560. The molecule has 0 aliphatic rings. The zero-order valence-corrected chi connectivity index (χ0v) is 14.6. The molecule has 8 heteroatoms. The maximum absolute atomic E-state index is 14.0. The van der Waals surface area contributed by atoms with E-state index >= 15 is 0 Å². The summed E-state index contributed by atoms with van der Waals surface area (Å²) in [5.74, 6) is -0.770. The Morgan fingerprint density at radius 1 is 1.32 bits per heavy atom. The van der Waals surface area contributed by atoms with Crippen LogP contribution in [0.5, 0.6) is 0 Å². The third-order valence-corrected chi connectivity index (χ3v) is 5.37. The molecule has 0 radical (unpaired) electrons. The fraction of sp³-hybridized carbons (Fsp3) is 0.0588. The minimum absolute atomic E-state index is 0.109. The summed E-state index contributed by atoms with van der Waals surface area (Å²) >= 11 is 5.84. The van der Waals surface area contributed by atoms with Crippen molar-refractivity contribution in [3.63, 3.8) is 0 Å². The van der Waals surface area contributed by atoms with E-state index in [1.54, 1.807) is 13.1 Å². The Labute approximate surface area is 149 Å². The van der Waals surface area contributed by atoms with E-state index in [-0.39, 0.29) is 10.8 Å².